The number of pyridine rings is 1. The van der Waals surface area contributed by atoms with Gasteiger partial charge in [-0.1, -0.05) is 24.3 Å². The summed E-state index contributed by atoms with van der Waals surface area (Å²) in [5, 5.41) is 0. The van der Waals surface area contributed by atoms with E-state index in [2.05, 4.69) is 27.8 Å². The van der Waals surface area contributed by atoms with E-state index < -0.39 is 0 Å². The highest BCUT2D eigenvalue weighted by Gasteiger charge is 2.52. The maximum atomic E-state index is 12.5. The van der Waals surface area contributed by atoms with Gasteiger partial charge < -0.3 is 0 Å². The molecule has 0 bridgehead atoms. The van der Waals surface area contributed by atoms with Crippen LogP contribution in [-0.4, -0.2) is 14.0 Å². The number of carbonyl (C=O) groups excluding carboxylic acids is 1. The van der Waals surface area contributed by atoms with E-state index in [0.717, 1.165) is 24.1 Å². The SMILES string of the molecule is O=C(c1ccccc1)N(I)C1(c2ccccn2)CC1. The molecule has 1 heterocycles. The molecule has 3 rings (SSSR count). The standard InChI is InChI=1S/C15H13IN2O/c16-18(14(19)12-6-2-1-3-7-12)15(9-10-15)13-8-4-5-11-17-13/h1-8,11H,9-10H2. The first-order valence-electron chi connectivity index (χ1n) is 6.21. The van der Waals surface area contributed by atoms with Crippen LogP contribution in [0.1, 0.15) is 28.9 Å². The zero-order chi connectivity index (χ0) is 13.3. The van der Waals surface area contributed by atoms with Gasteiger partial charge in [0.15, 0.2) is 0 Å². The van der Waals surface area contributed by atoms with Crippen LogP contribution in [0.25, 0.3) is 0 Å². The molecule has 1 aromatic carbocycles. The van der Waals surface area contributed by atoms with Crippen molar-refractivity contribution in [1.29, 1.82) is 0 Å². The topological polar surface area (TPSA) is 33.2 Å². The molecule has 19 heavy (non-hydrogen) atoms. The van der Waals surface area contributed by atoms with E-state index in [-0.39, 0.29) is 11.4 Å². The summed E-state index contributed by atoms with van der Waals surface area (Å²) >= 11 is 2.12. The van der Waals surface area contributed by atoms with Crippen LogP contribution in [0.2, 0.25) is 0 Å². The Kier molecular flexibility index (Phi) is 3.26. The lowest BCUT2D eigenvalue weighted by atomic mass is 10.1. The Morgan fingerprint density at radius 3 is 2.37 bits per heavy atom. The van der Waals surface area contributed by atoms with Crippen LogP contribution < -0.4 is 0 Å². The highest BCUT2D eigenvalue weighted by molar-refractivity contribution is 14.1. The molecule has 0 radical (unpaired) electrons. The van der Waals surface area contributed by atoms with Crippen molar-refractivity contribution in [3.8, 4) is 0 Å². The van der Waals surface area contributed by atoms with Gasteiger partial charge in [0.2, 0.25) is 0 Å². The Hall–Kier alpha value is -1.43. The third-order valence-corrected chi connectivity index (χ3v) is 4.80. The van der Waals surface area contributed by atoms with Gasteiger partial charge in [0.05, 0.1) is 34.1 Å². The average molecular weight is 364 g/mol. The Morgan fingerprint density at radius 1 is 1.11 bits per heavy atom. The number of aromatic nitrogens is 1. The highest BCUT2D eigenvalue weighted by atomic mass is 127. The van der Waals surface area contributed by atoms with Crippen molar-refractivity contribution in [2.75, 3.05) is 0 Å². The molecular weight excluding hydrogens is 351 g/mol. The van der Waals surface area contributed by atoms with Gasteiger partial charge in [-0.15, -0.1) is 0 Å². The molecule has 4 heteroatoms. The van der Waals surface area contributed by atoms with Crippen LogP contribution in [0.5, 0.6) is 0 Å². The second kappa shape index (κ2) is 4.92. The van der Waals surface area contributed by atoms with E-state index in [0.29, 0.717) is 0 Å². The van der Waals surface area contributed by atoms with Crippen molar-refractivity contribution in [1.82, 2.24) is 8.10 Å². The third kappa shape index (κ3) is 2.25. The summed E-state index contributed by atoms with van der Waals surface area (Å²) in [5.41, 5.74) is 1.49. The molecule has 0 saturated heterocycles. The van der Waals surface area contributed by atoms with E-state index in [4.69, 9.17) is 0 Å². The lowest BCUT2D eigenvalue weighted by Gasteiger charge is -2.25. The summed E-state index contributed by atoms with van der Waals surface area (Å²) < 4.78 is 1.81. The summed E-state index contributed by atoms with van der Waals surface area (Å²) in [6.45, 7) is 0. The second-order valence-corrected chi connectivity index (χ2v) is 5.66. The van der Waals surface area contributed by atoms with Crippen LogP contribution in [0.3, 0.4) is 0 Å². The number of rotatable bonds is 3. The maximum absolute atomic E-state index is 12.5. The monoisotopic (exact) mass is 364 g/mol. The highest BCUT2D eigenvalue weighted by Crippen LogP contribution is 2.52. The summed E-state index contributed by atoms with van der Waals surface area (Å²) in [6.07, 6.45) is 3.74. The minimum atomic E-state index is -0.214. The summed E-state index contributed by atoms with van der Waals surface area (Å²) in [7, 11) is 0. The lowest BCUT2D eigenvalue weighted by molar-refractivity contribution is 0.0841. The minimum Gasteiger partial charge on any atom is -0.269 e. The molecule has 1 aromatic heterocycles. The van der Waals surface area contributed by atoms with Crippen molar-refractivity contribution in [3.63, 3.8) is 0 Å². The molecule has 1 aliphatic rings. The summed E-state index contributed by atoms with van der Waals surface area (Å²) in [5.74, 6) is 0.0457. The van der Waals surface area contributed by atoms with Crippen LogP contribution in [0.4, 0.5) is 0 Å². The molecule has 3 nitrogen and oxygen atoms in total. The van der Waals surface area contributed by atoms with Crippen LogP contribution in [0.15, 0.2) is 54.7 Å². The summed E-state index contributed by atoms with van der Waals surface area (Å²) in [4.78, 5) is 16.9. The first-order valence-corrected chi connectivity index (χ1v) is 7.17. The lowest BCUT2D eigenvalue weighted by Crippen LogP contribution is -2.32. The molecule has 0 spiro atoms. The molecule has 0 unspecified atom stereocenters. The summed E-state index contributed by atoms with van der Waals surface area (Å²) in [6, 6.07) is 15.3. The minimum absolute atomic E-state index is 0.0457. The quantitative estimate of drug-likeness (QED) is 0.616. The van der Waals surface area contributed by atoms with Gasteiger partial charge in [-0.05, 0) is 37.1 Å². The fraction of sp³-hybridized carbons (Fsp3) is 0.200. The van der Waals surface area contributed by atoms with Gasteiger partial charge in [0.1, 0.15) is 0 Å². The van der Waals surface area contributed by atoms with E-state index in [1.807, 2.05) is 51.6 Å². The van der Waals surface area contributed by atoms with E-state index >= 15 is 0 Å². The normalized spacial score (nSPS) is 15.8. The first-order chi connectivity index (χ1) is 9.24. The van der Waals surface area contributed by atoms with E-state index in [9.17, 15) is 4.79 Å². The predicted octanol–water partition coefficient (Wildman–Crippen LogP) is 3.56. The molecule has 1 saturated carbocycles. The van der Waals surface area contributed by atoms with Crippen molar-refractivity contribution >= 4 is 28.8 Å². The van der Waals surface area contributed by atoms with Crippen molar-refractivity contribution in [3.05, 3.63) is 66.0 Å². The molecule has 2 aromatic rings. The Balaban J connectivity index is 1.89. The first kappa shape index (κ1) is 12.6. The zero-order valence-corrected chi connectivity index (χ0v) is 12.4. The molecule has 0 N–H and O–H groups in total. The fourth-order valence-corrected chi connectivity index (χ4v) is 3.21. The second-order valence-electron chi connectivity index (χ2n) is 4.70. The Morgan fingerprint density at radius 2 is 1.79 bits per heavy atom. The number of carbonyl (C=O) groups is 1. The van der Waals surface area contributed by atoms with Crippen molar-refractivity contribution in [2.45, 2.75) is 18.4 Å². The van der Waals surface area contributed by atoms with E-state index in [1.54, 1.807) is 6.20 Å². The molecule has 0 atom stereocenters. The Labute approximate surface area is 126 Å². The van der Waals surface area contributed by atoms with Crippen LogP contribution in [-0.2, 0) is 5.54 Å². The molecule has 0 aliphatic heterocycles. The van der Waals surface area contributed by atoms with Gasteiger partial charge in [0, 0.05) is 11.8 Å². The van der Waals surface area contributed by atoms with Crippen molar-refractivity contribution < 1.29 is 4.79 Å². The molecule has 96 valence electrons. The largest absolute Gasteiger partial charge is 0.269 e. The zero-order valence-electron chi connectivity index (χ0n) is 10.3. The molecule has 1 fully saturated rings. The molecule has 1 aliphatic carbocycles. The van der Waals surface area contributed by atoms with Crippen LogP contribution in [0, 0.1) is 0 Å². The number of benzene rings is 1. The molecular formula is C15H13IN2O. The van der Waals surface area contributed by atoms with Gasteiger partial charge in [-0.2, -0.15) is 0 Å². The number of hydrogen-bond donors (Lipinski definition) is 0. The number of hydrogen-bond acceptors (Lipinski definition) is 2. The Bertz CT molecular complexity index is 582. The molecule has 1 amide bonds. The van der Waals surface area contributed by atoms with Crippen LogP contribution >= 0.6 is 22.9 Å². The van der Waals surface area contributed by atoms with Gasteiger partial charge in [-0.3, -0.25) is 12.9 Å². The van der Waals surface area contributed by atoms with Gasteiger partial charge in [-0.25, -0.2) is 0 Å². The smallest absolute Gasteiger partial charge is 0.263 e. The van der Waals surface area contributed by atoms with Gasteiger partial charge >= 0.3 is 0 Å². The van der Waals surface area contributed by atoms with Gasteiger partial charge in [0.25, 0.3) is 5.91 Å². The number of halogens is 1. The number of amides is 1. The third-order valence-electron chi connectivity index (χ3n) is 3.44. The van der Waals surface area contributed by atoms with E-state index in [1.165, 1.54) is 0 Å². The van der Waals surface area contributed by atoms with Crippen molar-refractivity contribution in [2.24, 2.45) is 0 Å². The fourth-order valence-electron chi connectivity index (χ4n) is 2.20. The average Bonchev–Trinajstić information content (AvgIpc) is 3.29. The maximum Gasteiger partial charge on any atom is 0.263 e. The predicted molar refractivity (Wildman–Crippen MR) is 81.8 cm³/mol. The number of nitrogens with zero attached hydrogens (tertiary/aromatic N) is 2.